The van der Waals surface area contributed by atoms with Crippen LogP contribution in [-0.2, 0) is 18.8 Å². The van der Waals surface area contributed by atoms with Crippen molar-refractivity contribution >= 4 is 27.5 Å². The van der Waals surface area contributed by atoms with Crippen molar-refractivity contribution in [3.63, 3.8) is 0 Å². The summed E-state index contributed by atoms with van der Waals surface area (Å²) in [6, 6.07) is 7.69. The predicted octanol–water partition coefficient (Wildman–Crippen LogP) is 3.59. The molecule has 0 aliphatic heterocycles. The highest BCUT2D eigenvalue weighted by Gasteiger charge is 2.07. The minimum atomic E-state index is 0.611. The minimum Gasteiger partial charge on any atom is -0.493 e. The summed E-state index contributed by atoms with van der Waals surface area (Å²) in [5.74, 6) is 0.835. The Labute approximate surface area is 120 Å². The molecule has 0 saturated heterocycles. The molecule has 1 aromatic carbocycles. The Balaban J connectivity index is 1.98. The Kier molecular flexibility index (Phi) is 4.66. The van der Waals surface area contributed by atoms with Crippen LogP contribution in [0.15, 0.2) is 30.5 Å². The zero-order valence-corrected chi connectivity index (χ0v) is 12.4. The fourth-order valence-corrected chi connectivity index (χ4v) is 2.69. The lowest BCUT2D eigenvalue weighted by Gasteiger charge is -2.11. The molecule has 0 spiro atoms. The molecule has 0 unspecified atom stereocenters. The summed E-state index contributed by atoms with van der Waals surface area (Å²) in [6.45, 7) is 0.611. The van der Waals surface area contributed by atoms with Gasteiger partial charge in [0, 0.05) is 41.3 Å². The number of alkyl halides is 1. The van der Waals surface area contributed by atoms with Gasteiger partial charge < -0.3 is 4.74 Å². The second-order valence-corrected chi connectivity index (χ2v) is 4.86. The van der Waals surface area contributed by atoms with Gasteiger partial charge in [0.25, 0.3) is 0 Å². The van der Waals surface area contributed by atoms with Gasteiger partial charge in [-0.15, -0.1) is 0 Å². The third-order valence-corrected chi connectivity index (χ3v) is 3.66. The van der Waals surface area contributed by atoms with Crippen LogP contribution in [0.4, 0.5) is 0 Å². The number of benzene rings is 1. The van der Waals surface area contributed by atoms with Gasteiger partial charge >= 0.3 is 0 Å². The van der Waals surface area contributed by atoms with E-state index in [1.807, 2.05) is 36.0 Å². The van der Waals surface area contributed by atoms with Crippen LogP contribution in [0.5, 0.6) is 5.75 Å². The van der Waals surface area contributed by atoms with Crippen LogP contribution in [0.25, 0.3) is 0 Å². The van der Waals surface area contributed by atoms with Gasteiger partial charge in [-0.3, -0.25) is 4.68 Å². The summed E-state index contributed by atoms with van der Waals surface area (Å²) in [6.07, 6.45) is 2.61. The summed E-state index contributed by atoms with van der Waals surface area (Å²) in [5.41, 5.74) is 2.14. The highest BCUT2D eigenvalue weighted by molar-refractivity contribution is 9.08. The summed E-state index contributed by atoms with van der Waals surface area (Å²) in [7, 11) is 1.93. The van der Waals surface area contributed by atoms with Gasteiger partial charge in [-0.2, -0.15) is 5.10 Å². The first-order chi connectivity index (χ1) is 8.72. The maximum atomic E-state index is 6.11. The van der Waals surface area contributed by atoms with E-state index in [0.717, 1.165) is 28.5 Å². The quantitative estimate of drug-likeness (QED) is 0.784. The lowest BCUT2D eigenvalue weighted by atomic mass is 10.2. The Morgan fingerprint density at radius 1 is 1.39 bits per heavy atom. The van der Waals surface area contributed by atoms with Crippen molar-refractivity contribution in [2.45, 2.75) is 11.8 Å². The van der Waals surface area contributed by atoms with E-state index in [4.69, 9.17) is 16.3 Å². The second-order valence-electron chi connectivity index (χ2n) is 3.89. The van der Waals surface area contributed by atoms with Crippen LogP contribution in [0, 0.1) is 0 Å². The number of ether oxygens (including phenoxy) is 1. The molecular formula is C13H14BrClN2O. The van der Waals surface area contributed by atoms with E-state index in [1.54, 1.807) is 6.20 Å². The Morgan fingerprint density at radius 3 is 2.89 bits per heavy atom. The number of nitrogens with zero attached hydrogens (tertiary/aromatic N) is 2. The SMILES string of the molecule is Cn1nccc1CCOc1cccc(Cl)c1CBr. The normalized spacial score (nSPS) is 10.6. The van der Waals surface area contributed by atoms with Crippen molar-refractivity contribution in [3.8, 4) is 5.75 Å². The molecule has 0 radical (unpaired) electrons. The van der Waals surface area contributed by atoms with Crippen molar-refractivity contribution < 1.29 is 4.74 Å². The zero-order chi connectivity index (χ0) is 13.0. The van der Waals surface area contributed by atoms with Crippen LogP contribution < -0.4 is 4.74 Å². The molecule has 2 rings (SSSR count). The summed E-state index contributed by atoms with van der Waals surface area (Å²) in [5, 5.41) is 5.54. The standard InChI is InChI=1S/C13H14BrClN2O/c1-17-10(5-7-16-17)6-8-18-13-4-2-3-12(15)11(13)9-14/h2-5,7H,6,8-9H2,1H3. The van der Waals surface area contributed by atoms with Crippen LogP contribution in [0.2, 0.25) is 5.02 Å². The topological polar surface area (TPSA) is 27.1 Å². The minimum absolute atomic E-state index is 0.611. The van der Waals surface area contributed by atoms with Crippen LogP contribution in [-0.4, -0.2) is 16.4 Å². The number of rotatable bonds is 5. The summed E-state index contributed by atoms with van der Waals surface area (Å²) in [4.78, 5) is 0. The van der Waals surface area contributed by atoms with E-state index in [9.17, 15) is 0 Å². The fraction of sp³-hybridized carbons (Fsp3) is 0.308. The molecule has 0 N–H and O–H groups in total. The molecule has 0 aliphatic carbocycles. The van der Waals surface area contributed by atoms with Gasteiger partial charge in [-0.25, -0.2) is 0 Å². The Hall–Kier alpha value is -1.000. The van der Waals surface area contributed by atoms with Gasteiger partial charge in [0.2, 0.25) is 0 Å². The highest BCUT2D eigenvalue weighted by Crippen LogP contribution is 2.28. The molecule has 1 aromatic heterocycles. The zero-order valence-electron chi connectivity index (χ0n) is 10.1. The molecule has 0 saturated carbocycles. The van der Waals surface area contributed by atoms with Crippen molar-refractivity contribution in [1.82, 2.24) is 9.78 Å². The van der Waals surface area contributed by atoms with E-state index >= 15 is 0 Å². The average molecular weight is 330 g/mol. The van der Waals surface area contributed by atoms with Gasteiger partial charge in [-0.05, 0) is 18.2 Å². The van der Waals surface area contributed by atoms with E-state index in [0.29, 0.717) is 11.9 Å². The fourth-order valence-electron chi connectivity index (χ4n) is 1.72. The lowest BCUT2D eigenvalue weighted by molar-refractivity contribution is 0.316. The molecule has 5 heteroatoms. The molecule has 0 bridgehead atoms. The molecule has 0 atom stereocenters. The molecule has 1 heterocycles. The van der Waals surface area contributed by atoms with Gasteiger partial charge in [0.05, 0.1) is 6.61 Å². The molecule has 2 aromatic rings. The molecular weight excluding hydrogens is 316 g/mol. The smallest absolute Gasteiger partial charge is 0.124 e. The highest BCUT2D eigenvalue weighted by atomic mass is 79.9. The van der Waals surface area contributed by atoms with Gasteiger partial charge in [0.15, 0.2) is 0 Å². The molecule has 96 valence electrons. The number of hydrogen-bond acceptors (Lipinski definition) is 2. The summed E-state index contributed by atoms with van der Waals surface area (Å²) < 4.78 is 7.64. The third-order valence-electron chi connectivity index (χ3n) is 2.75. The van der Waals surface area contributed by atoms with Gasteiger partial charge in [-0.1, -0.05) is 33.6 Å². The molecule has 0 amide bonds. The predicted molar refractivity (Wildman–Crippen MR) is 76.5 cm³/mol. The third kappa shape index (κ3) is 3.06. The molecule has 18 heavy (non-hydrogen) atoms. The van der Waals surface area contributed by atoms with Crippen LogP contribution >= 0.6 is 27.5 Å². The van der Waals surface area contributed by atoms with E-state index in [1.165, 1.54) is 0 Å². The number of aromatic nitrogens is 2. The average Bonchev–Trinajstić information content (AvgIpc) is 2.75. The van der Waals surface area contributed by atoms with Crippen molar-refractivity contribution in [2.24, 2.45) is 7.05 Å². The van der Waals surface area contributed by atoms with E-state index in [-0.39, 0.29) is 0 Å². The van der Waals surface area contributed by atoms with Crippen molar-refractivity contribution in [1.29, 1.82) is 0 Å². The lowest BCUT2D eigenvalue weighted by Crippen LogP contribution is -2.07. The number of hydrogen-bond donors (Lipinski definition) is 0. The first-order valence-electron chi connectivity index (χ1n) is 5.65. The monoisotopic (exact) mass is 328 g/mol. The van der Waals surface area contributed by atoms with Crippen LogP contribution in [0.1, 0.15) is 11.3 Å². The number of halogens is 2. The first kappa shape index (κ1) is 13.4. The van der Waals surface area contributed by atoms with Crippen molar-refractivity contribution in [2.75, 3.05) is 6.61 Å². The van der Waals surface area contributed by atoms with E-state index in [2.05, 4.69) is 21.0 Å². The first-order valence-corrected chi connectivity index (χ1v) is 7.15. The second kappa shape index (κ2) is 6.25. The molecule has 0 aliphatic rings. The van der Waals surface area contributed by atoms with Gasteiger partial charge in [0.1, 0.15) is 5.75 Å². The van der Waals surface area contributed by atoms with Crippen molar-refractivity contribution in [3.05, 3.63) is 46.7 Å². The maximum Gasteiger partial charge on any atom is 0.124 e. The van der Waals surface area contributed by atoms with Crippen LogP contribution in [0.3, 0.4) is 0 Å². The Morgan fingerprint density at radius 2 is 2.22 bits per heavy atom. The molecule has 3 nitrogen and oxygen atoms in total. The Bertz CT molecular complexity index is 527. The maximum absolute atomic E-state index is 6.11. The van der Waals surface area contributed by atoms with E-state index < -0.39 is 0 Å². The summed E-state index contributed by atoms with van der Waals surface area (Å²) >= 11 is 9.53. The largest absolute Gasteiger partial charge is 0.493 e. The molecule has 0 fully saturated rings. The number of aryl methyl sites for hydroxylation is 1.